The molecule has 3 heterocycles. The van der Waals surface area contributed by atoms with Gasteiger partial charge >= 0.3 is 6.18 Å². The molecule has 0 saturated heterocycles. The van der Waals surface area contributed by atoms with Crippen molar-refractivity contribution in [2.24, 2.45) is 0 Å². The number of anilines is 2. The van der Waals surface area contributed by atoms with Gasteiger partial charge in [0.15, 0.2) is 0 Å². The molecule has 0 radical (unpaired) electrons. The van der Waals surface area contributed by atoms with Gasteiger partial charge in [-0.2, -0.15) is 18.2 Å². The second-order valence-electron chi connectivity index (χ2n) is 6.77. The van der Waals surface area contributed by atoms with E-state index in [1.807, 2.05) is 28.3 Å². The lowest BCUT2D eigenvalue weighted by molar-refractivity contribution is -0.137. The van der Waals surface area contributed by atoms with Crippen LogP contribution < -0.4 is 10.6 Å². The van der Waals surface area contributed by atoms with E-state index in [1.165, 1.54) is 23.5 Å². The molecule has 0 aliphatic rings. The molecule has 0 aliphatic carbocycles. The van der Waals surface area contributed by atoms with Crippen LogP contribution in [0.3, 0.4) is 0 Å². The van der Waals surface area contributed by atoms with E-state index in [0.717, 1.165) is 17.5 Å². The largest absolute Gasteiger partial charge is 0.416 e. The molecule has 0 atom stereocenters. The molecule has 0 unspecified atom stereocenters. The van der Waals surface area contributed by atoms with Crippen molar-refractivity contribution >= 4 is 39.9 Å². The first-order valence-corrected chi connectivity index (χ1v) is 10.4. The minimum absolute atomic E-state index is 0.0951. The van der Waals surface area contributed by atoms with E-state index in [0.29, 0.717) is 30.0 Å². The Bertz CT molecular complexity index is 1190. The fourth-order valence-corrected chi connectivity index (χ4v) is 3.70. The Hall–Kier alpha value is -3.40. The maximum atomic E-state index is 12.9. The first kappa shape index (κ1) is 20.9. The second-order valence-corrected chi connectivity index (χ2v) is 7.72. The summed E-state index contributed by atoms with van der Waals surface area (Å²) in [7, 11) is 0. The third kappa shape index (κ3) is 5.02. The van der Waals surface area contributed by atoms with E-state index >= 15 is 0 Å². The third-order valence-electron chi connectivity index (χ3n) is 4.55. The van der Waals surface area contributed by atoms with E-state index in [-0.39, 0.29) is 17.5 Å². The number of benzene rings is 1. The van der Waals surface area contributed by atoms with Gasteiger partial charge in [-0.3, -0.25) is 4.79 Å². The number of rotatable bonds is 7. The highest BCUT2D eigenvalue weighted by atomic mass is 32.1. The zero-order valence-corrected chi connectivity index (χ0v) is 17.0. The van der Waals surface area contributed by atoms with Crippen LogP contribution in [0.15, 0.2) is 60.2 Å². The number of carbonyl (C=O) groups is 1. The molecule has 0 fully saturated rings. The maximum absolute atomic E-state index is 12.9. The number of amides is 1. The van der Waals surface area contributed by atoms with Crippen LogP contribution in [0.4, 0.5) is 24.8 Å². The van der Waals surface area contributed by atoms with Gasteiger partial charge in [-0.15, -0.1) is 11.3 Å². The molecule has 6 nitrogen and oxygen atoms in total. The summed E-state index contributed by atoms with van der Waals surface area (Å²) in [6, 6.07) is 10.4. The van der Waals surface area contributed by atoms with Gasteiger partial charge in [0, 0.05) is 36.6 Å². The summed E-state index contributed by atoms with van der Waals surface area (Å²) < 4.78 is 40.7. The summed E-state index contributed by atoms with van der Waals surface area (Å²) >= 11 is 1.39. The van der Waals surface area contributed by atoms with Gasteiger partial charge in [0.2, 0.25) is 5.95 Å². The lowest BCUT2D eigenvalue weighted by Crippen LogP contribution is -2.24. The van der Waals surface area contributed by atoms with Crippen molar-refractivity contribution in [3.8, 4) is 0 Å². The number of fused-ring (bicyclic) bond motifs is 1. The molecular weight excluding hydrogens is 427 g/mol. The molecule has 4 rings (SSSR count). The predicted octanol–water partition coefficient (Wildman–Crippen LogP) is 5.08. The Morgan fingerprint density at radius 3 is 2.81 bits per heavy atom. The highest BCUT2D eigenvalue weighted by molar-refractivity contribution is 7.12. The average Bonchev–Trinajstić information content (AvgIpc) is 3.41. The lowest BCUT2D eigenvalue weighted by Gasteiger charge is -2.10. The summed E-state index contributed by atoms with van der Waals surface area (Å²) in [5.41, 5.74) is 0.171. The van der Waals surface area contributed by atoms with Gasteiger partial charge in [0.05, 0.1) is 10.4 Å². The van der Waals surface area contributed by atoms with Gasteiger partial charge in [-0.1, -0.05) is 12.1 Å². The Kier molecular flexibility index (Phi) is 5.90. The summed E-state index contributed by atoms with van der Waals surface area (Å²) in [5, 5.41) is 8.38. The van der Waals surface area contributed by atoms with Crippen molar-refractivity contribution in [3.63, 3.8) is 0 Å². The van der Waals surface area contributed by atoms with Crippen molar-refractivity contribution in [1.29, 1.82) is 0 Å². The van der Waals surface area contributed by atoms with E-state index < -0.39 is 11.7 Å². The summed E-state index contributed by atoms with van der Waals surface area (Å²) in [4.78, 5) is 21.3. The molecule has 160 valence electrons. The smallest absolute Gasteiger partial charge is 0.351 e. The molecule has 10 heteroatoms. The highest BCUT2D eigenvalue weighted by Crippen LogP contribution is 2.31. The molecule has 0 spiro atoms. The van der Waals surface area contributed by atoms with E-state index in [4.69, 9.17) is 0 Å². The van der Waals surface area contributed by atoms with Crippen LogP contribution in [0.5, 0.6) is 0 Å². The SMILES string of the molecule is O=C(NCCCn1ccc2cnc(Nc3cccc(C(F)(F)F)c3)nc21)c1cccs1. The van der Waals surface area contributed by atoms with Crippen LogP contribution >= 0.6 is 11.3 Å². The number of thiophene rings is 1. The van der Waals surface area contributed by atoms with Crippen LogP contribution in [0, 0.1) is 0 Å². The number of aryl methyl sites for hydroxylation is 1. The molecular formula is C21H18F3N5OS. The number of aromatic nitrogens is 3. The number of alkyl halides is 3. The van der Waals surface area contributed by atoms with E-state index in [9.17, 15) is 18.0 Å². The predicted molar refractivity (Wildman–Crippen MR) is 114 cm³/mol. The number of carbonyl (C=O) groups excluding carboxylic acids is 1. The molecule has 0 saturated carbocycles. The first-order valence-electron chi connectivity index (χ1n) is 9.48. The minimum atomic E-state index is -4.42. The number of nitrogens with zero attached hydrogens (tertiary/aromatic N) is 3. The average molecular weight is 445 g/mol. The van der Waals surface area contributed by atoms with Gasteiger partial charge in [0.1, 0.15) is 5.65 Å². The maximum Gasteiger partial charge on any atom is 0.416 e. The zero-order chi connectivity index (χ0) is 21.8. The first-order chi connectivity index (χ1) is 14.9. The Morgan fingerprint density at radius 1 is 1.16 bits per heavy atom. The van der Waals surface area contributed by atoms with Crippen LogP contribution in [0.1, 0.15) is 21.7 Å². The number of halogens is 3. The molecule has 31 heavy (non-hydrogen) atoms. The summed E-state index contributed by atoms with van der Waals surface area (Å²) in [5.74, 6) is 0.111. The molecule has 4 aromatic rings. The van der Waals surface area contributed by atoms with Crippen LogP contribution in [0.2, 0.25) is 0 Å². The second kappa shape index (κ2) is 8.76. The molecule has 3 aromatic heterocycles. The van der Waals surface area contributed by atoms with Gasteiger partial charge < -0.3 is 15.2 Å². The Labute approximate surface area is 179 Å². The monoisotopic (exact) mass is 445 g/mol. The topological polar surface area (TPSA) is 71.8 Å². The van der Waals surface area contributed by atoms with Gasteiger partial charge in [0.25, 0.3) is 5.91 Å². The molecule has 2 N–H and O–H groups in total. The quantitative estimate of drug-likeness (QED) is 0.390. The zero-order valence-electron chi connectivity index (χ0n) is 16.2. The van der Waals surface area contributed by atoms with Crippen molar-refractivity contribution in [3.05, 3.63) is 70.7 Å². The highest BCUT2D eigenvalue weighted by Gasteiger charge is 2.30. The van der Waals surface area contributed by atoms with Crippen molar-refractivity contribution in [2.75, 3.05) is 11.9 Å². The van der Waals surface area contributed by atoms with Crippen molar-refractivity contribution in [2.45, 2.75) is 19.1 Å². The normalized spacial score (nSPS) is 11.6. The lowest BCUT2D eigenvalue weighted by atomic mass is 10.2. The van der Waals surface area contributed by atoms with Crippen LogP contribution in [-0.4, -0.2) is 27.0 Å². The molecule has 0 bridgehead atoms. The van der Waals surface area contributed by atoms with Crippen LogP contribution in [0.25, 0.3) is 11.0 Å². The summed E-state index contributed by atoms with van der Waals surface area (Å²) in [6.45, 7) is 1.13. The fourth-order valence-electron chi connectivity index (χ4n) is 3.06. The third-order valence-corrected chi connectivity index (χ3v) is 5.42. The fraction of sp³-hybridized carbons (Fsp3) is 0.190. The van der Waals surface area contributed by atoms with E-state index in [1.54, 1.807) is 12.3 Å². The van der Waals surface area contributed by atoms with Gasteiger partial charge in [-0.25, -0.2) is 4.98 Å². The molecule has 0 aliphatic heterocycles. The molecule has 1 amide bonds. The Balaban J connectivity index is 1.41. The standard InChI is InChI=1S/C21H18F3N5OS/c22-21(23,24)15-4-1-5-16(12-15)27-20-26-13-14-7-10-29(18(14)28-20)9-3-8-25-19(30)17-6-2-11-31-17/h1-2,4-7,10-13H,3,8-9H2,(H,25,30)(H,26,27,28). The minimum Gasteiger partial charge on any atom is -0.351 e. The van der Waals surface area contributed by atoms with Gasteiger partial charge in [-0.05, 0) is 42.1 Å². The Morgan fingerprint density at radius 2 is 2.03 bits per heavy atom. The van der Waals surface area contributed by atoms with Crippen LogP contribution in [-0.2, 0) is 12.7 Å². The number of hydrogen-bond donors (Lipinski definition) is 2. The summed E-state index contributed by atoms with van der Waals surface area (Å²) in [6.07, 6.45) is -0.237. The number of nitrogens with one attached hydrogen (secondary N) is 2. The van der Waals surface area contributed by atoms with Crippen molar-refractivity contribution < 1.29 is 18.0 Å². The van der Waals surface area contributed by atoms with E-state index in [2.05, 4.69) is 20.6 Å². The van der Waals surface area contributed by atoms with Crippen molar-refractivity contribution in [1.82, 2.24) is 19.9 Å². The molecule has 1 aromatic carbocycles. The number of hydrogen-bond acceptors (Lipinski definition) is 5.